The molecular weight excluding hydrogens is 502 g/mol. The third-order valence-corrected chi connectivity index (χ3v) is 7.37. The van der Waals surface area contributed by atoms with Crippen LogP contribution in [0.15, 0.2) is 102 Å². The second-order valence-corrected chi connectivity index (χ2v) is 9.95. The zero-order valence-corrected chi connectivity index (χ0v) is 21.5. The van der Waals surface area contributed by atoms with Crippen LogP contribution in [0.2, 0.25) is 0 Å². The van der Waals surface area contributed by atoms with Gasteiger partial charge in [0.15, 0.2) is 0 Å². The summed E-state index contributed by atoms with van der Waals surface area (Å²) in [5, 5.41) is 12.2. The molecule has 0 saturated heterocycles. The maximum absolute atomic E-state index is 13.4. The van der Waals surface area contributed by atoms with Gasteiger partial charge in [-0.15, -0.1) is 5.10 Å². The molecule has 3 unspecified atom stereocenters. The number of allylic oxidation sites excluding steroid dienone is 2. The molecule has 2 aliphatic heterocycles. The molecule has 1 N–H and O–H groups in total. The molecule has 1 aromatic heterocycles. The number of carbonyl (C=O) groups is 1. The lowest BCUT2D eigenvalue weighted by atomic mass is 9.85. The third-order valence-electron chi connectivity index (χ3n) is 7.12. The van der Waals surface area contributed by atoms with Gasteiger partial charge in [0.25, 0.3) is 0 Å². The van der Waals surface area contributed by atoms with Gasteiger partial charge in [-0.25, -0.2) is 4.79 Å². The summed E-state index contributed by atoms with van der Waals surface area (Å²) in [6.07, 6.45) is 10.8. The molecule has 1 amide bonds. The van der Waals surface area contributed by atoms with E-state index in [9.17, 15) is 4.79 Å². The van der Waals surface area contributed by atoms with Gasteiger partial charge in [-0.1, -0.05) is 59.3 Å². The molecule has 1 aliphatic carbocycles. The number of hydrogen-bond acceptors (Lipinski definition) is 6. The number of amides is 1. The number of nitrogens with zero attached hydrogens (tertiary/aromatic N) is 4. The van der Waals surface area contributed by atoms with Crippen LogP contribution < -0.4 is 14.8 Å². The summed E-state index contributed by atoms with van der Waals surface area (Å²) < 4.78 is 13.5. The van der Waals surface area contributed by atoms with Crippen molar-refractivity contribution in [2.24, 2.45) is 5.92 Å². The number of aromatic nitrogens is 3. The highest BCUT2D eigenvalue weighted by Gasteiger charge is 2.43. The van der Waals surface area contributed by atoms with E-state index in [0.29, 0.717) is 18.9 Å². The number of fused-ring (bicyclic) bond motifs is 2. The van der Waals surface area contributed by atoms with Crippen LogP contribution in [0.3, 0.4) is 0 Å². The molecule has 9 heteroatoms. The Morgan fingerprint density at radius 3 is 2.74 bits per heavy atom. The molecule has 3 atom stereocenters. The average Bonchev–Trinajstić information content (AvgIpc) is 3.59. The van der Waals surface area contributed by atoms with E-state index in [0.717, 1.165) is 41.4 Å². The molecule has 0 saturated carbocycles. The Hall–Kier alpha value is -4.04. The molecule has 3 heterocycles. The van der Waals surface area contributed by atoms with Crippen molar-refractivity contribution in [1.82, 2.24) is 25.2 Å². The standard InChI is InChI=1S/C29H28ClN5O3/c30-21-9-12-26-25(19-21)24-13-16-35(29(36)38-23-5-2-1-3-6-23)28(27(24)32-26)20-7-10-22(11-8-20)37-18-4-15-34-17-14-31-33-34/h1-3,5-12,14,17,19,25-26,28,32H,4,13,15-16,18H2. The molecule has 3 aliphatic rings. The van der Waals surface area contributed by atoms with Crippen molar-refractivity contribution in [2.45, 2.75) is 31.5 Å². The Labute approximate surface area is 226 Å². The molecule has 0 bridgehead atoms. The minimum atomic E-state index is -0.373. The highest BCUT2D eigenvalue weighted by atomic mass is 35.5. The van der Waals surface area contributed by atoms with Crippen LogP contribution in [-0.4, -0.2) is 45.2 Å². The lowest BCUT2D eigenvalue weighted by molar-refractivity contribution is 0.134. The highest BCUT2D eigenvalue weighted by Crippen LogP contribution is 2.45. The van der Waals surface area contributed by atoms with Crippen molar-refractivity contribution in [1.29, 1.82) is 0 Å². The summed E-state index contributed by atoms with van der Waals surface area (Å²) in [6.45, 7) is 1.87. The topological polar surface area (TPSA) is 81.5 Å². The zero-order chi connectivity index (χ0) is 25.9. The first-order chi connectivity index (χ1) is 18.7. The van der Waals surface area contributed by atoms with Gasteiger partial charge in [0.05, 0.1) is 18.8 Å². The van der Waals surface area contributed by atoms with Gasteiger partial charge in [0, 0.05) is 42.4 Å². The summed E-state index contributed by atoms with van der Waals surface area (Å²) in [7, 11) is 0. The van der Waals surface area contributed by atoms with Crippen molar-refractivity contribution in [3.05, 3.63) is 107 Å². The SMILES string of the molecule is O=C(Oc1ccccc1)N1CCC2=C(NC3C=CC(Cl)=CC23)C1c1ccc(OCCCn2ccnn2)cc1. The molecule has 0 fully saturated rings. The molecule has 2 aromatic carbocycles. The predicted molar refractivity (Wildman–Crippen MR) is 144 cm³/mol. The fourth-order valence-electron chi connectivity index (χ4n) is 5.34. The lowest BCUT2D eigenvalue weighted by Gasteiger charge is -2.37. The molecule has 194 valence electrons. The van der Waals surface area contributed by atoms with E-state index in [1.807, 2.05) is 54.7 Å². The first-order valence-corrected chi connectivity index (χ1v) is 13.2. The summed E-state index contributed by atoms with van der Waals surface area (Å²) in [5.74, 6) is 1.49. The number of hydrogen-bond donors (Lipinski definition) is 1. The van der Waals surface area contributed by atoms with Crippen molar-refractivity contribution in [3.8, 4) is 11.5 Å². The molecule has 8 nitrogen and oxygen atoms in total. The Kier molecular flexibility index (Phi) is 6.88. The number of benzene rings is 2. The van der Waals surface area contributed by atoms with Gasteiger partial charge in [-0.05, 0) is 47.9 Å². The fraction of sp³-hybridized carbons (Fsp3) is 0.276. The Balaban J connectivity index is 1.22. The van der Waals surface area contributed by atoms with Crippen molar-refractivity contribution in [3.63, 3.8) is 0 Å². The van der Waals surface area contributed by atoms with Gasteiger partial charge in [0.2, 0.25) is 0 Å². The van der Waals surface area contributed by atoms with Crippen LogP contribution in [0.25, 0.3) is 0 Å². The van der Waals surface area contributed by atoms with E-state index in [4.69, 9.17) is 21.1 Å². The predicted octanol–water partition coefficient (Wildman–Crippen LogP) is 5.23. The Morgan fingerprint density at radius 2 is 1.95 bits per heavy atom. The maximum Gasteiger partial charge on any atom is 0.416 e. The van der Waals surface area contributed by atoms with Crippen LogP contribution >= 0.6 is 11.6 Å². The maximum atomic E-state index is 13.4. The Morgan fingerprint density at radius 1 is 1.11 bits per heavy atom. The molecule has 6 rings (SSSR count). The van der Waals surface area contributed by atoms with Crippen molar-refractivity contribution < 1.29 is 14.3 Å². The van der Waals surface area contributed by atoms with Gasteiger partial charge in [-0.3, -0.25) is 9.58 Å². The number of aryl methyl sites for hydroxylation is 1. The molecule has 0 radical (unpaired) electrons. The van der Waals surface area contributed by atoms with E-state index >= 15 is 0 Å². The van der Waals surface area contributed by atoms with E-state index in [2.05, 4.69) is 27.8 Å². The van der Waals surface area contributed by atoms with Crippen LogP contribution in [0.4, 0.5) is 4.79 Å². The molecular formula is C29H28ClN5O3. The van der Waals surface area contributed by atoms with Gasteiger partial charge in [0.1, 0.15) is 17.5 Å². The van der Waals surface area contributed by atoms with E-state index in [-0.39, 0.29) is 24.1 Å². The number of ether oxygens (including phenoxy) is 2. The normalized spacial score (nSPS) is 21.9. The van der Waals surface area contributed by atoms with Gasteiger partial charge in [-0.2, -0.15) is 0 Å². The summed E-state index contributed by atoms with van der Waals surface area (Å²) in [5.41, 5.74) is 3.33. The van der Waals surface area contributed by atoms with Gasteiger partial charge < -0.3 is 14.8 Å². The zero-order valence-electron chi connectivity index (χ0n) is 20.7. The average molecular weight is 530 g/mol. The van der Waals surface area contributed by atoms with Crippen molar-refractivity contribution >= 4 is 17.7 Å². The second-order valence-electron chi connectivity index (χ2n) is 9.51. The fourth-order valence-corrected chi connectivity index (χ4v) is 5.55. The highest BCUT2D eigenvalue weighted by molar-refractivity contribution is 6.31. The first-order valence-electron chi connectivity index (χ1n) is 12.8. The summed E-state index contributed by atoms with van der Waals surface area (Å²) in [6, 6.07) is 17.0. The molecule has 3 aromatic rings. The largest absolute Gasteiger partial charge is 0.494 e. The first kappa shape index (κ1) is 24.3. The van der Waals surface area contributed by atoms with E-state index < -0.39 is 0 Å². The van der Waals surface area contributed by atoms with Crippen LogP contribution in [0, 0.1) is 5.92 Å². The summed E-state index contributed by atoms with van der Waals surface area (Å²) in [4.78, 5) is 15.2. The number of para-hydroxylation sites is 1. The van der Waals surface area contributed by atoms with Crippen LogP contribution in [0.5, 0.6) is 11.5 Å². The monoisotopic (exact) mass is 529 g/mol. The van der Waals surface area contributed by atoms with Crippen LogP contribution in [-0.2, 0) is 6.54 Å². The Bertz CT molecular complexity index is 1370. The second kappa shape index (κ2) is 10.8. The number of rotatable bonds is 7. The number of halogens is 1. The minimum Gasteiger partial charge on any atom is -0.494 e. The van der Waals surface area contributed by atoms with E-state index in [1.54, 1.807) is 27.9 Å². The minimum absolute atomic E-state index is 0.127. The third kappa shape index (κ3) is 5.04. The lowest BCUT2D eigenvalue weighted by Crippen LogP contribution is -2.43. The summed E-state index contributed by atoms with van der Waals surface area (Å²) >= 11 is 6.35. The molecule has 38 heavy (non-hydrogen) atoms. The van der Waals surface area contributed by atoms with Crippen LogP contribution in [0.1, 0.15) is 24.4 Å². The number of carbonyl (C=O) groups excluding carboxylic acids is 1. The van der Waals surface area contributed by atoms with Crippen molar-refractivity contribution in [2.75, 3.05) is 13.2 Å². The molecule has 0 spiro atoms. The number of nitrogens with one attached hydrogen (secondary N) is 1. The van der Waals surface area contributed by atoms with E-state index in [1.165, 1.54) is 5.57 Å². The van der Waals surface area contributed by atoms with Gasteiger partial charge >= 0.3 is 6.09 Å². The quantitative estimate of drug-likeness (QED) is 0.422. The smallest absolute Gasteiger partial charge is 0.416 e.